The van der Waals surface area contributed by atoms with Gasteiger partial charge in [-0.25, -0.2) is 0 Å². The topological polar surface area (TPSA) is 32.3 Å². The molecule has 2 atom stereocenters. The van der Waals surface area contributed by atoms with Gasteiger partial charge in [-0.2, -0.15) is 0 Å². The van der Waals surface area contributed by atoms with E-state index in [-0.39, 0.29) is 17.4 Å². The lowest BCUT2D eigenvalue weighted by atomic mass is 9.87. The summed E-state index contributed by atoms with van der Waals surface area (Å²) in [4.78, 5) is 14.8. The fourth-order valence-electron chi connectivity index (χ4n) is 4.01. The van der Waals surface area contributed by atoms with Gasteiger partial charge in [0, 0.05) is 24.9 Å². The maximum Gasteiger partial charge on any atom is 0.244 e. The monoisotopic (exact) mass is 404 g/mol. The van der Waals surface area contributed by atoms with Gasteiger partial charge in [0.05, 0.1) is 6.04 Å². The summed E-state index contributed by atoms with van der Waals surface area (Å²) in [5, 5.41) is 3.07. The number of benzene rings is 2. The molecular weight excluding hydrogens is 368 g/mol. The Hall–Kier alpha value is -2.55. The normalized spacial score (nSPS) is 18.4. The summed E-state index contributed by atoms with van der Waals surface area (Å²) in [5.74, 6) is 0.685. The quantitative estimate of drug-likeness (QED) is 0.610. The molecule has 0 unspecified atom stereocenters. The van der Waals surface area contributed by atoms with Crippen molar-refractivity contribution in [2.75, 3.05) is 18.0 Å². The highest BCUT2D eigenvalue weighted by Crippen LogP contribution is 2.25. The van der Waals surface area contributed by atoms with Gasteiger partial charge in [-0.05, 0) is 66.0 Å². The van der Waals surface area contributed by atoms with Gasteiger partial charge in [0.1, 0.15) is 0 Å². The lowest BCUT2D eigenvalue weighted by molar-refractivity contribution is -0.117. The van der Waals surface area contributed by atoms with E-state index in [9.17, 15) is 4.79 Å². The SMILES string of the molecule is C[C@@H]1CCCN(c2ccc([C@@H](C)NC(=O)/C=C/c3ccc(C(C)(C)C)cc3)cc2)C1. The van der Waals surface area contributed by atoms with Crippen LogP contribution in [0.4, 0.5) is 5.69 Å². The predicted molar refractivity (Wildman–Crippen MR) is 128 cm³/mol. The molecule has 1 heterocycles. The maximum absolute atomic E-state index is 12.4. The Morgan fingerprint density at radius 2 is 1.77 bits per heavy atom. The zero-order chi connectivity index (χ0) is 21.7. The van der Waals surface area contributed by atoms with Crippen molar-refractivity contribution in [2.45, 2.75) is 58.9 Å². The molecule has 1 aliphatic rings. The first kappa shape index (κ1) is 22.1. The Morgan fingerprint density at radius 1 is 1.10 bits per heavy atom. The molecule has 0 aliphatic carbocycles. The van der Waals surface area contributed by atoms with Crippen LogP contribution in [0.15, 0.2) is 54.6 Å². The van der Waals surface area contributed by atoms with E-state index in [0.29, 0.717) is 0 Å². The number of hydrogen-bond donors (Lipinski definition) is 1. The Labute approximate surface area is 182 Å². The molecule has 0 saturated carbocycles. The van der Waals surface area contributed by atoms with Crippen LogP contribution in [-0.2, 0) is 10.2 Å². The number of rotatable bonds is 5. The number of hydrogen-bond acceptors (Lipinski definition) is 2. The van der Waals surface area contributed by atoms with Crippen LogP contribution in [0, 0.1) is 5.92 Å². The molecule has 160 valence electrons. The van der Waals surface area contributed by atoms with Crippen LogP contribution >= 0.6 is 0 Å². The summed E-state index contributed by atoms with van der Waals surface area (Å²) >= 11 is 0. The van der Waals surface area contributed by atoms with Crippen LogP contribution in [0.3, 0.4) is 0 Å². The van der Waals surface area contributed by atoms with Crippen LogP contribution in [-0.4, -0.2) is 19.0 Å². The number of piperidine rings is 1. The van der Waals surface area contributed by atoms with Crippen molar-refractivity contribution in [1.82, 2.24) is 5.32 Å². The summed E-state index contributed by atoms with van der Waals surface area (Å²) in [6.07, 6.45) is 6.08. The van der Waals surface area contributed by atoms with Crippen molar-refractivity contribution < 1.29 is 4.79 Å². The average molecular weight is 405 g/mol. The lowest BCUT2D eigenvalue weighted by Gasteiger charge is -2.33. The van der Waals surface area contributed by atoms with Crippen LogP contribution in [0.2, 0.25) is 0 Å². The van der Waals surface area contributed by atoms with E-state index >= 15 is 0 Å². The number of carbonyl (C=O) groups excluding carboxylic acids is 1. The second kappa shape index (κ2) is 9.51. The van der Waals surface area contributed by atoms with Gasteiger partial charge >= 0.3 is 0 Å². The molecule has 1 saturated heterocycles. The summed E-state index contributed by atoms with van der Waals surface area (Å²) < 4.78 is 0. The Bertz CT molecular complexity index is 859. The fourth-order valence-corrected chi connectivity index (χ4v) is 4.01. The third kappa shape index (κ3) is 5.98. The second-order valence-electron chi connectivity index (χ2n) is 9.72. The molecule has 2 aromatic carbocycles. The average Bonchev–Trinajstić information content (AvgIpc) is 2.72. The summed E-state index contributed by atoms with van der Waals surface area (Å²) in [7, 11) is 0. The highest BCUT2D eigenvalue weighted by atomic mass is 16.1. The van der Waals surface area contributed by atoms with Gasteiger partial charge < -0.3 is 10.2 Å². The molecule has 3 nitrogen and oxygen atoms in total. The van der Waals surface area contributed by atoms with Crippen molar-refractivity contribution >= 4 is 17.7 Å². The smallest absolute Gasteiger partial charge is 0.244 e. The Morgan fingerprint density at radius 3 is 2.37 bits per heavy atom. The molecule has 1 amide bonds. The van der Waals surface area contributed by atoms with Crippen LogP contribution in [0.25, 0.3) is 6.08 Å². The molecule has 0 bridgehead atoms. The van der Waals surface area contributed by atoms with Gasteiger partial charge in [-0.1, -0.05) is 64.1 Å². The second-order valence-corrected chi connectivity index (χ2v) is 9.72. The largest absolute Gasteiger partial charge is 0.371 e. The fraction of sp³-hybridized carbons (Fsp3) is 0.444. The first-order valence-electron chi connectivity index (χ1n) is 11.2. The molecule has 0 aromatic heterocycles. The van der Waals surface area contributed by atoms with Gasteiger partial charge in [-0.3, -0.25) is 4.79 Å². The summed E-state index contributed by atoms with van der Waals surface area (Å²) in [5.41, 5.74) is 4.87. The Kier molecular flexibility index (Phi) is 7.02. The predicted octanol–water partition coefficient (Wildman–Crippen LogP) is 6.11. The van der Waals surface area contributed by atoms with E-state index in [1.165, 1.54) is 24.1 Å². The van der Waals surface area contributed by atoms with E-state index in [2.05, 4.69) is 86.4 Å². The molecule has 3 heteroatoms. The molecule has 1 fully saturated rings. The molecule has 1 N–H and O–H groups in total. The van der Waals surface area contributed by atoms with Crippen molar-refractivity contribution in [3.63, 3.8) is 0 Å². The zero-order valence-electron chi connectivity index (χ0n) is 19.1. The van der Waals surface area contributed by atoms with E-state index < -0.39 is 0 Å². The first-order chi connectivity index (χ1) is 14.2. The van der Waals surface area contributed by atoms with Crippen molar-refractivity contribution in [3.05, 3.63) is 71.3 Å². The standard InChI is InChI=1S/C27H36N2O/c1-20-7-6-18-29(19-20)25-15-11-23(12-16-25)21(2)28-26(30)17-10-22-8-13-24(14-9-22)27(3,4)5/h8-17,20-21H,6-7,18-19H2,1-5H3,(H,28,30)/b17-10+/t20-,21-/m1/s1. The zero-order valence-corrected chi connectivity index (χ0v) is 19.1. The van der Waals surface area contributed by atoms with E-state index in [1.807, 2.05) is 13.0 Å². The van der Waals surface area contributed by atoms with E-state index in [0.717, 1.165) is 30.1 Å². The lowest BCUT2D eigenvalue weighted by Crippen LogP contribution is -2.34. The van der Waals surface area contributed by atoms with Gasteiger partial charge in [0.2, 0.25) is 5.91 Å². The summed E-state index contributed by atoms with van der Waals surface area (Å²) in [6.45, 7) is 13.2. The number of anilines is 1. The molecule has 1 aliphatic heterocycles. The summed E-state index contributed by atoms with van der Waals surface area (Å²) in [6, 6.07) is 17.0. The minimum Gasteiger partial charge on any atom is -0.371 e. The third-order valence-corrected chi connectivity index (χ3v) is 5.98. The highest BCUT2D eigenvalue weighted by molar-refractivity contribution is 5.92. The molecule has 30 heavy (non-hydrogen) atoms. The number of nitrogens with one attached hydrogen (secondary N) is 1. The first-order valence-corrected chi connectivity index (χ1v) is 11.2. The maximum atomic E-state index is 12.4. The van der Waals surface area contributed by atoms with Gasteiger partial charge in [0.15, 0.2) is 0 Å². The van der Waals surface area contributed by atoms with Crippen LogP contribution in [0.1, 0.15) is 70.2 Å². The number of nitrogens with zero attached hydrogens (tertiary/aromatic N) is 1. The molecule has 0 spiro atoms. The van der Waals surface area contributed by atoms with Crippen LogP contribution in [0.5, 0.6) is 0 Å². The molecule has 3 rings (SSSR count). The van der Waals surface area contributed by atoms with Gasteiger partial charge in [-0.15, -0.1) is 0 Å². The van der Waals surface area contributed by atoms with Crippen molar-refractivity contribution in [3.8, 4) is 0 Å². The van der Waals surface area contributed by atoms with E-state index in [1.54, 1.807) is 6.08 Å². The van der Waals surface area contributed by atoms with Crippen molar-refractivity contribution in [2.24, 2.45) is 5.92 Å². The van der Waals surface area contributed by atoms with E-state index in [4.69, 9.17) is 0 Å². The molecule has 2 aromatic rings. The number of carbonyl (C=O) groups is 1. The van der Waals surface area contributed by atoms with Crippen LogP contribution < -0.4 is 10.2 Å². The highest BCUT2D eigenvalue weighted by Gasteiger charge is 2.17. The number of amides is 1. The molecule has 0 radical (unpaired) electrons. The Balaban J connectivity index is 1.55. The third-order valence-electron chi connectivity index (χ3n) is 5.98. The van der Waals surface area contributed by atoms with Crippen molar-refractivity contribution in [1.29, 1.82) is 0 Å². The van der Waals surface area contributed by atoms with Gasteiger partial charge in [0.25, 0.3) is 0 Å². The minimum absolute atomic E-state index is 0.0280. The molecular formula is C27H36N2O. The minimum atomic E-state index is -0.0728.